The Morgan fingerprint density at radius 1 is 1.10 bits per heavy atom. The van der Waals surface area contributed by atoms with Gasteiger partial charge in [0.05, 0.1) is 12.2 Å². The lowest BCUT2D eigenvalue weighted by Crippen LogP contribution is -2.38. The third-order valence-electron chi connectivity index (χ3n) is 5.11. The number of nitrogens with one attached hydrogen (secondary N) is 1. The second-order valence-corrected chi connectivity index (χ2v) is 7.35. The lowest BCUT2D eigenvalue weighted by molar-refractivity contribution is 0.0949. The van der Waals surface area contributed by atoms with E-state index >= 15 is 0 Å². The van der Waals surface area contributed by atoms with Crippen LogP contribution in [0.15, 0.2) is 61.1 Å². The van der Waals surface area contributed by atoms with E-state index in [1.165, 1.54) is 0 Å². The molecule has 0 spiro atoms. The number of amides is 1. The summed E-state index contributed by atoms with van der Waals surface area (Å²) in [6, 6.07) is 15.0. The van der Waals surface area contributed by atoms with E-state index < -0.39 is 0 Å². The summed E-state index contributed by atoms with van der Waals surface area (Å²) in [4.78, 5) is 27.5. The molecule has 1 aliphatic rings. The Morgan fingerprint density at radius 2 is 1.97 bits per heavy atom. The van der Waals surface area contributed by atoms with Crippen LogP contribution >= 0.6 is 0 Å². The molecule has 1 N–H and O–H groups in total. The maximum atomic E-state index is 12.5. The van der Waals surface area contributed by atoms with Gasteiger partial charge in [0.1, 0.15) is 24.0 Å². The summed E-state index contributed by atoms with van der Waals surface area (Å²) < 4.78 is 6.17. The molecule has 7 nitrogen and oxygen atoms in total. The van der Waals surface area contributed by atoms with E-state index in [4.69, 9.17) is 4.74 Å². The van der Waals surface area contributed by atoms with Gasteiger partial charge in [-0.25, -0.2) is 9.97 Å². The fraction of sp³-hybridized carbons (Fsp3) is 0.304. The molecule has 1 fully saturated rings. The predicted molar refractivity (Wildman–Crippen MR) is 114 cm³/mol. The van der Waals surface area contributed by atoms with Crippen molar-refractivity contribution in [1.29, 1.82) is 0 Å². The molecule has 0 atom stereocenters. The van der Waals surface area contributed by atoms with E-state index in [0.717, 1.165) is 48.9 Å². The molecule has 0 saturated carbocycles. The molecule has 0 unspecified atom stereocenters. The van der Waals surface area contributed by atoms with Crippen LogP contribution in [0.25, 0.3) is 0 Å². The number of carbonyl (C=O) groups is 1. The van der Waals surface area contributed by atoms with Crippen molar-refractivity contribution in [2.24, 2.45) is 0 Å². The van der Waals surface area contributed by atoms with Gasteiger partial charge in [0.25, 0.3) is 5.91 Å². The van der Waals surface area contributed by atoms with Gasteiger partial charge in [-0.1, -0.05) is 12.1 Å². The number of nitrogens with zero attached hydrogens (tertiary/aromatic N) is 4. The summed E-state index contributed by atoms with van der Waals surface area (Å²) >= 11 is 0. The Bertz CT molecular complexity index is 988. The average molecular weight is 403 g/mol. The van der Waals surface area contributed by atoms with Crippen LogP contribution in [-0.2, 0) is 6.54 Å². The molecule has 4 rings (SSSR count). The zero-order valence-electron chi connectivity index (χ0n) is 17.0. The van der Waals surface area contributed by atoms with Crippen molar-refractivity contribution >= 4 is 11.7 Å². The first-order valence-corrected chi connectivity index (χ1v) is 10.2. The van der Waals surface area contributed by atoms with Gasteiger partial charge in [-0.3, -0.25) is 9.78 Å². The summed E-state index contributed by atoms with van der Waals surface area (Å²) in [5.41, 5.74) is 2.37. The first-order valence-electron chi connectivity index (χ1n) is 10.2. The minimum absolute atomic E-state index is 0.121. The van der Waals surface area contributed by atoms with Crippen molar-refractivity contribution < 1.29 is 9.53 Å². The molecule has 1 amide bonds. The number of carbonyl (C=O) groups excluding carboxylic acids is 1. The summed E-state index contributed by atoms with van der Waals surface area (Å²) in [6.45, 7) is 4.13. The predicted octanol–water partition coefficient (Wildman–Crippen LogP) is 3.16. The van der Waals surface area contributed by atoms with Crippen LogP contribution in [0.3, 0.4) is 0 Å². The second-order valence-electron chi connectivity index (χ2n) is 7.35. The summed E-state index contributed by atoms with van der Waals surface area (Å²) in [7, 11) is 0. The van der Waals surface area contributed by atoms with Crippen LogP contribution < -0.4 is 15.0 Å². The van der Waals surface area contributed by atoms with Gasteiger partial charge >= 0.3 is 0 Å². The number of aryl methyl sites for hydroxylation is 1. The topological polar surface area (TPSA) is 80.2 Å². The van der Waals surface area contributed by atoms with Crippen molar-refractivity contribution in [2.75, 3.05) is 18.0 Å². The van der Waals surface area contributed by atoms with Gasteiger partial charge in [-0.15, -0.1) is 0 Å². The number of aromatic nitrogens is 3. The van der Waals surface area contributed by atoms with Gasteiger partial charge in [0, 0.05) is 49.5 Å². The highest BCUT2D eigenvalue weighted by molar-refractivity contribution is 5.94. The number of ether oxygens (including phenoxy) is 1. The number of rotatable bonds is 6. The van der Waals surface area contributed by atoms with Crippen molar-refractivity contribution in [2.45, 2.75) is 32.4 Å². The van der Waals surface area contributed by atoms with Crippen molar-refractivity contribution in [3.8, 4) is 5.75 Å². The molecule has 2 aromatic heterocycles. The monoisotopic (exact) mass is 403 g/mol. The van der Waals surface area contributed by atoms with Crippen molar-refractivity contribution in [1.82, 2.24) is 20.3 Å². The minimum Gasteiger partial charge on any atom is -0.490 e. The molecule has 30 heavy (non-hydrogen) atoms. The lowest BCUT2D eigenvalue weighted by atomic mass is 10.1. The van der Waals surface area contributed by atoms with E-state index in [1.54, 1.807) is 24.7 Å². The lowest BCUT2D eigenvalue weighted by Gasteiger charge is -2.33. The molecule has 154 valence electrons. The average Bonchev–Trinajstić information content (AvgIpc) is 2.79. The van der Waals surface area contributed by atoms with Crippen LogP contribution in [0.4, 0.5) is 5.82 Å². The molecule has 0 radical (unpaired) electrons. The Morgan fingerprint density at radius 3 is 2.73 bits per heavy atom. The number of pyridine rings is 1. The van der Waals surface area contributed by atoms with Crippen molar-refractivity contribution in [3.05, 3.63) is 78.0 Å². The summed E-state index contributed by atoms with van der Waals surface area (Å²) in [5.74, 6) is 1.55. The first kappa shape index (κ1) is 19.8. The number of piperidine rings is 1. The molecule has 7 heteroatoms. The zero-order chi connectivity index (χ0) is 20.8. The quantitative estimate of drug-likeness (QED) is 0.681. The largest absolute Gasteiger partial charge is 0.490 e. The van der Waals surface area contributed by atoms with E-state index in [2.05, 4.69) is 25.2 Å². The highest BCUT2D eigenvalue weighted by Crippen LogP contribution is 2.23. The van der Waals surface area contributed by atoms with Gasteiger partial charge in [-0.2, -0.15) is 0 Å². The fourth-order valence-corrected chi connectivity index (χ4v) is 3.49. The number of hydrogen-bond acceptors (Lipinski definition) is 6. The van der Waals surface area contributed by atoms with Gasteiger partial charge in [-0.05, 0) is 37.3 Å². The van der Waals surface area contributed by atoms with Gasteiger partial charge in [0.2, 0.25) is 0 Å². The van der Waals surface area contributed by atoms with E-state index in [0.29, 0.717) is 12.1 Å². The smallest absolute Gasteiger partial charge is 0.251 e. The van der Waals surface area contributed by atoms with E-state index in [9.17, 15) is 4.79 Å². The molecular formula is C23H25N5O2. The Labute approximate surface area is 176 Å². The van der Waals surface area contributed by atoms with Crippen LogP contribution in [0.5, 0.6) is 5.75 Å². The summed E-state index contributed by atoms with van der Waals surface area (Å²) in [6.07, 6.45) is 5.25. The van der Waals surface area contributed by atoms with Crippen LogP contribution in [0.2, 0.25) is 0 Å². The van der Waals surface area contributed by atoms with Crippen LogP contribution in [-0.4, -0.2) is 40.1 Å². The summed E-state index contributed by atoms with van der Waals surface area (Å²) in [5, 5.41) is 2.90. The maximum absolute atomic E-state index is 12.5. The van der Waals surface area contributed by atoms with E-state index in [1.807, 2.05) is 43.3 Å². The maximum Gasteiger partial charge on any atom is 0.251 e. The Balaban J connectivity index is 1.31. The molecule has 3 heterocycles. The molecule has 1 aromatic carbocycles. The third-order valence-corrected chi connectivity index (χ3v) is 5.11. The Hall–Kier alpha value is -3.48. The normalized spacial score (nSPS) is 14.4. The molecular weight excluding hydrogens is 378 g/mol. The van der Waals surface area contributed by atoms with E-state index in [-0.39, 0.29) is 12.0 Å². The number of anilines is 1. The number of benzene rings is 1. The molecule has 0 aliphatic carbocycles. The highest BCUT2D eigenvalue weighted by atomic mass is 16.5. The zero-order valence-corrected chi connectivity index (χ0v) is 17.0. The molecule has 3 aromatic rings. The molecule has 1 aliphatic heterocycles. The molecule has 1 saturated heterocycles. The fourth-order valence-electron chi connectivity index (χ4n) is 3.49. The second kappa shape index (κ2) is 9.35. The van der Waals surface area contributed by atoms with Gasteiger partial charge < -0.3 is 15.0 Å². The Kier molecular flexibility index (Phi) is 6.17. The van der Waals surface area contributed by atoms with Gasteiger partial charge in [0.15, 0.2) is 0 Å². The first-order chi connectivity index (χ1) is 14.7. The SMILES string of the molecule is Cc1cc(N2CCC(Oc3cccc(C(=O)NCc4ccccn4)c3)CC2)ncn1. The van der Waals surface area contributed by atoms with Crippen molar-refractivity contribution in [3.63, 3.8) is 0 Å². The number of hydrogen-bond donors (Lipinski definition) is 1. The molecule has 0 bridgehead atoms. The standard InChI is InChI=1S/C23H25N5O2/c1-17-13-22(27-16-26-17)28-11-8-20(9-12-28)30-21-7-4-5-18(14-21)23(29)25-15-19-6-2-3-10-24-19/h2-7,10,13-14,16,20H,8-9,11-12,15H2,1H3,(H,25,29). The van der Waals surface area contributed by atoms with Crippen LogP contribution in [0.1, 0.15) is 34.6 Å². The van der Waals surface area contributed by atoms with Crippen LogP contribution in [0, 0.1) is 6.92 Å². The highest BCUT2D eigenvalue weighted by Gasteiger charge is 2.22. The third kappa shape index (κ3) is 5.11. The minimum atomic E-state index is -0.139.